The zero-order valence-corrected chi connectivity index (χ0v) is 18.8. The lowest BCUT2D eigenvalue weighted by Crippen LogP contribution is -2.52. The SMILES string of the molecule is Cc1cccc(NC(=O)NCC(=O)N2CCN(S(=O)(=O)c3ccc(C)cc3C)CC2)c1. The van der Waals surface area contributed by atoms with Gasteiger partial charge in [-0.2, -0.15) is 4.31 Å². The van der Waals surface area contributed by atoms with E-state index in [1.54, 1.807) is 30.0 Å². The van der Waals surface area contributed by atoms with Crippen molar-refractivity contribution in [2.24, 2.45) is 0 Å². The maximum absolute atomic E-state index is 13.0. The maximum atomic E-state index is 13.0. The van der Waals surface area contributed by atoms with Crippen LogP contribution >= 0.6 is 0 Å². The van der Waals surface area contributed by atoms with Gasteiger partial charge in [0.2, 0.25) is 15.9 Å². The fourth-order valence-corrected chi connectivity index (χ4v) is 5.20. The summed E-state index contributed by atoms with van der Waals surface area (Å²) in [7, 11) is -3.61. The van der Waals surface area contributed by atoms with Crippen LogP contribution in [0, 0.1) is 20.8 Å². The van der Waals surface area contributed by atoms with Gasteiger partial charge >= 0.3 is 6.03 Å². The van der Waals surface area contributed by atoms with E-state index in [1.807, 2.05) is 38.1 Å². The van der Waals surface area contributed by atoms with Crippen molar-refractivity contribution in [3.8, 4) is 0 Å². The van der Waals surface area contributed by atoms with Gasteiger partial charge in [0.1, 0.15) is 0 Å². The van der Waals surface area contributed by atoms with E-state index in [4.69, 9.17) is 0 Å². The van der Waals surface area contributed by atoms with E-state index in [9.17, 15) is 18.0 Å². The summed E-state index contributed by atoms with van der Waals surface area (Å²) in [4.78, 5) is 26.3. The lowest BCUT2D eigenvalue weighted by molar-refractivity contribution is -0.131. The van der Waals surface area contributed by atoms with Gasteiger partial charge in [-0.3, -0.25) is 4.79 Å². The van der Waals surface area contributed by atoms with Gasteiger partial charge in [0.25, 0.3) is 0 Å². The minimum atomic E-state index is -3.61. The number of urea groups is 1. The Hall–Kier alpha value is -2.91. The summed E-state index contributed by atoms with van der Waals surface area (Å²) >= 11 is 0. The Balaban J connectivity index is 1.51. The summed E-state index contributed by atoms with van der Waals surface area (Å²) in [6.07, 6.45) is 0. The zero-order chi connectivity index (χ0) is 22.6. The van der Waals surface area contributed by atoms with Crippen molar-refractivity contribution in [1.82, 2.24) is 14.5 Å². The van der Waals surface area contributed by atoms with E-state index < -0.39 is 16.1 Å². The molecular formula is C22H28N4O4S. The fourth-order valence-electron chi connectivity index (χ4n) is 3.57. The van der Waals surface area contributed by atoms with Gasteiger partial charge < -0.3 is 15.5 Å². The number of carbonyl (C=O) groups is 2. The van der Waals surface area contributed by atoms with Crippen LogP contribution in [0.3, 0.4) is 0 Å². The van der Waals surface area contributed by atoms with Crippen LogP contribution in [0.1, 0.15) is 16.7 Å². The molecular weight excluding hydrogens is 416 g/mol. The van der Waals surface area contributed by atoms with E-state index in [2.05, 4.69) is 10.6 Å². The molecule has 3 amide bonds. The molecule has 1 aliphatic heterocycles. The third-order valence-electron chi connectivity index (χ3n) is 5.22. The second-order valence-electron chi connectivity index (χ2n) is 7.73. The molecule has 31 heavy (non-hydrogen) atoms. The van der Waals surface area contributed by atoms with Crippen molar-refractivity contribution in [1.29, 1.82) is 0 Å². The van der Waals surface area contributed by atoms with E-state index in [-0.39, 0.29) is 38.6 Å². The molecule has 8 nitrogen and oxygen atoms in total. The monoisotopic (exact) mass is 444 g/mol. The van der Waals surface area contributed by atoms with E-state index in [0.717, 1.165) is 11.1 Å². The summed E-state index contributed by atoms with van der Waals surface area (Å²) in [6, 6.07) is 12.2. The zero-order valence-electron chi connectivity index (χ0n) is 18.0. The molecule has 0 radical (unpaired) electrons. The van der Waals surface area contributed by atoms with Gasteiger partial charge in [-0.25, -0.2) is 13.2 Å². The molecule has 0 saturated carbocycles. The molecule has 1 fully saturated rings. The summed E-state index contributed by atoms with van der Waals surface area (Å²) in [5.74, 6) is -0.247. The first-order chi connectivity index (χ1) is 14.7. The van der Waals surface area contributed by atoms with Gasteiger partial charge in [-0.1, -0.05) is 29.8 Å². The number of nitrogens with zero attached hydrogens (tertiary/aromatic N) is 2. The predicted molar refractivity (Wildman–Crippen MR) is 119 cm³/mol. The Kier molecular flexibility index (Phi) is 6.97. The molecule has 0 atom stereocenters. The highest BCUT2D eigenvalue weighted by Crippen LogP contribution is 2.22. The van der Waals surface area contributed by atoms with Crippen molar-refractivity contribution in [2.45, 2.75) is 25.7 Å². The molecule has 0 bridgehead atoms. The van der Waals surface area contributed by atoms with Crippen LogP contribution in [-0.4, -0.2) is 62.3 Å². The quantitative estimate of drug-likeness (QED) is 0.739. The second-order valence-corrected chi connectivity index (χ2v) is 9.64. The largest absolute Gasteiger partial charge is 0.339 e. The number of hydrogen-bond donors (Lipinski definition) is 2. The van der Waals surface area contributed by atoms with Gasteiger partial charge in [0, 0.05) is 31.9 Å². The minimum Gasteiger partial charge on any atom is -0.339 e. The molecule has 2 aromatic carbocycles. The van der Waals surface area contributed by atoms with Crippen LogP contribution < -0.4 is 10.6 Å². The smallest absolute Gasteiger partial charge is 0.319 e. The molecule has 0 unspecified atom stereocenters. The summed E-state index contributed by atoms with van der Waals surface area (Å²) in [5.41, 5.74) is 3.38. The number of aryl methyl sites for hydroxylation is 3. The van der Waals surface area contributed by atoms with Crippen molar-refractivity contribution in [3.63, 3.8) is 0 Å². The molecule has 0 spiro atoms. The number of nitrogens with one attached hydrogen (secondary N) is 2. The first-order valence-corrected chi connectivity index (χ1v) is 11.6. The summed E-state index contributed by atoms with van der Waals surface area (Å²) in [5, 5.41) is 5.24. The number of anilines is 1. The highest BCUT2D eigenvalue weighted by Gasteiger charge is 2.31. The minimum absolute atomic E-state index is 0.151. The van der Waals surface area contributed by atoms with Crippen LogP contribution in [0.2, 0.25) is 0 Å². The molecule has 1 heterocycles. The van der Waals surface area contributed by atoms with Crippen LogP contribution in [0.5, 0.6) is 0 Å². The van der Waals surface area contributed by atoms with E-state index >= 15 is 0 Å². The Morgan fingerprint density at radius 2 is 1.61 bits per heavy atom. The Bertz CT molecular complexity index is 1080. The molecule has 2 N–H and O–H groups in total. The number of piperazine rings is 1. The van der Waals surface area contributed by atoms with Crippen molar-refractivity contribution in [2.75, 3.05) is 38.0 Å². The molecule has 166 valence electrons. The average molecular weight is 445 g/mol. The van der Waals surface area contributed by atoms with Crippen LogP contribution in [0.4, 0.5) is 10.5 Å². The molecule has 0 aromatic heterocycles. The molecule has 1 aliphatic rings. The highest BCUT2D eigenvalue weighted by molar-refractivity contribution is 7.89. The van der Waals surface area contributed by atoms with Gasteiger partial charge in [-0.15, -0.1) is 0 Å². The second kappa shape index (κ2) is 9.49. The first-order valence-electron chi connectivity index (χ1n) is 10.1. The van der Waals surface area contributed by atoms with Crippen molar-refractivity contribution in [3.05, 3.63) is 59.2 Å². The summed E-state index contributed by atoms with van der Waals surface area (Å²) in [6.45, 7) is 6.48. The Morgan fingerprint density at radius 1 is 0.935 bits per heavy atom. The topological polar surface area (TPSA) is 98.8 Å². The maximum Gasteiger partial charge on any atom is 0.319 e. The lowest BCUT2D eigenvalue weighted by Gasteiger charge is -2.34. The predicted octanol–water partition coefficient (Wildman–Crippen LogP) is 2.27. The van der Waals surface area contributed by atoms with Crippen molar-refractivity contribution < 1.29 is 18.0 Å². The standard InChI is InChI=1S/C22H28N4O4S/c1-16-5-4-6-19(14-16)24-22(28)23-15-21(27)25-9-11-26(12-10-25)31(29,30)20-8-7-17(2)13-18(20)3/h4-8,13-14H,9-12,15H2,1-3H3,(H2,23,24,28). The summed E-state index contributed by atoms with van der Waals surface area (Å²) < 4.78 is 27.3. The normalized spacial score (nSPS) is 14.9. The van der Waals surface area contributed by atoms with Crippen LogP contribution in [0.25, 0.3) is 0 Å². The fraction of sp³-hybridized carbons (Fsp3) is 0.364. The number of rotatable bonds is 5. The molecule has 2 aromatic rings. The first kappa shape index (κ1) is 22.8. The van der Waals surface area contributed by atoms with E-state index in [0.29, 0.717) is 16.1 Å². The van der Waals surface area contributed by atoms with Crippen molar-refractivity contribution >= 4 is 27.6 Å². The Labute approximate surface area is 183 Å². The van der Waals surface area contributed by atoms with Crippen LogP contribution in [0.15, 0.2) is 47.4 Å². The molecule has 3 rings (SSSR count). The molecule has 1 saturated heterocycles. The number of carbonyl (C=O) groups excluding carboxylic acids is 2. The number of sulfonamides is 1. The third-order valence-corrected chi connectivity index (χ3v) is 7.27. The average Bonchev–Trinajstić information content (AvgIpc) is 2.72. The highest BCUT2D eigenvalue weighted by atomic mass is 32.2. The number of hydrogen-bond acceptors (Lipinski definition) is 4. The third kappa shape index (κ3) is 5.62. The lowest BCUT2D eigenvalue weighted by atomic mass is 10.2. The molecule has 9 heteroatoms. The molecule has 0 aliphatic carbocycles. The number of amides is 3. The van der Waals surface area contributed by atoms with Gasteiger partial charge in [-0.05, 0) is 50.1 Å². The van der Waals surface area contributed by atoms with E-state index in [1.165, 1.54) is 4.31 Å². The van der Waals surface area contributed by atoms with Crippen LogP contribution in [-0.2, 0) is 14.8 Å². The Morgan fingerprint density at radius 3 is 2.26 bits per heavy atom. The number of benzene rings is 2. The van der Waals surface area contributed by atoms with Gasteiger partial charge in [0.05, 0.1) is 11.4 Å². The van der Waals surface area contributed by atoms with Gasteiger partial charge in [0.15, 0.2) is 0 Å².